The molecule has 0 spiro atoms. The minimum absolute atomic E-state index is 0.714. The van der Waals surface area contributed by atoms with Crippen molar-refractivity contribution in [2.45, 2.75) is 9.92 Å². The Kier molecular flexibility index (Phi) is 2.82. The van der Waals surface area contributed by atoms with Crippen molar-refractivity contribution in [3.8, 4) is 0 Å². The number of anilines is 1. The Hall–Kier alpha value is -2.46. The van der Waals surface area contributed by atoms with Gasteiger partial charge < -0.3 is 10.7 Å². The molecule has 0 aliphatic heterocycles. The number of nitrogen functional groups attached to an aromatic ring is 1. The smallest absolute Gasteiger partial charge is 0.0942 e. The van der Waals surface area contributed by atoms with Crippen LogP contribution in [0.4, 0.5) is 5.69 Å². The molecule has 2 heterocycles. The number of pyridine rings is 1. The van der Waals surface area contributed by atoms with Crippen molar-refractivity contribution in [1.29, 1.82) is 0 Å². The molecule has 4 heteroatoms. The molecule has 0 saturated carbocycles. The van der Waals surface area contributed by atoms with Gasteiger partial charge in [0.15, 0.2) is 0 Å². The molecule has 4 rings (SSSR count). The van der Waals surface area contributed by atoms with E-state index >= 15 is 0 Å². The lowest BCUT2D eigenvalue weighted by Gasteiger charge is -2.06. The third-order valence-corrected chi connectivity index (χ3v) is 4.50. The zero-order valence-electron chi connectivity index (χ0n) is 11.2. The Labute approximate surface area is 126 Å². The molecule has 0 radical (unpaired) electrons. The predicted octanol–water partition coefficient (Wildman–Crippen LogP) is 4.45. The SMILES string of the molecule is Nc1cccc2c(Sc3cc4ccccc4[nH]3)ccnc12. The first-order chi connectivity index (χ1) is 10.3. The average molecular weight is 291 g/mol. The van der Waals surface area contributed by atoms with Gasteiger partial charge in [-0.1, -0.05) is 42.1 Å². The number of hydrogen-bond donors (Lipinski definition) is 2. The number of para-hydroxylation sites is 2. The Balaban J connectivity index is 1.82. The van der Waals surface area contributed by atoms with E-state index in [0.717, 1.165) is 26.3 Å². The van der Waals surface area contributed by atoms with Crippen LogP contribution < -0.4 is 5.73 Å². The second-order valence-electron chi connectivity index (χ2n) is 4.88. The van der Waals surface area contributed by atoms with Gasteiger partial charge in [-0.15, -0.1) is 0 Å². The molecular formula is C17H13N3S. The highest BCUT2D eigenvalue weighted by Gasteiger charge is 2.07. The van der Waals surface area contributed by atoms with Crippen molar-refractivity contribution in [1.82, 2.24) is 9.97 Å². The summed E-state index contributed by atoms with van der Waals surface area (Å²) in [7, 11) is 0. The van der Waals surface area contributed by atoms with Gasteiger partial charge in [0.2, 0.25) is 0 Å². The highest BCUT2D eigenvalue weighted by Crippen LogP contribution is 2.35. The summed E-state index contributed by atoms with van der Waals surface area (Å²) in [5.74, 6) is 0. The van der Waals surface area contributed by atoms with Crippen LogP contribution in [0.3, 0.4) is 0 Å². The molecule has 0 aliphatic carbocycles. The lowest BCUT2D eigenvalue weighted by molar-refractivity contribution is 1.23. The number of aromatic amines is 1. The number of rotatable bonds is 2. The first-order valence-electron chi connectivity index (χ1n) is 6.70. The largest absolute Gasteiger partial charge is 0.397 e. The summed E-state index contributed by atoms with van der Waals surface area (Å²) >= 11 is 1.70. The first kappa shape index (κ1) is 12.3. The van der Waals surface area contributed by atoms with Crippen LogP contribution in [0.15, 0.2) is 70.7 Å². The molecule has 2 aromatic carbocycles. The molecule has 3 N–H and O–H groups in total. The molecule has 0 fully saturated rings. The molecule has 0 bridgehead atoms. The second kappa shape index (κ2) is 4.82. The van der Waals surface area contributed by atoms with Crippen LogP contribution in [0.2, 0.25) is 0 Å². The number of fused-ring (bicyclic) bond motifs is 2. The number of H-pyrrole nitrogens is 1. The van der Waals surface area contributed by atoms with Gasteiger partial charge in [-0.3, -0.25) is 4.98 Å². The highest BCUT2D eigenvalue weighted by molar-refractivity contribution is 7.99. The Morgan fingerprint density at radius 3 is 2.81 bits per heavy atom. The van der Waals surface area contributed by atoms with Crippen molar-refractivity contribution < 1.29 is 0 Å². The Morgan fingerprint density at radius 1 is 1.00 bits per heavy atom. The maximum absolute atomic E-state index is 6.00. The van der Waals surface area contributed by atoms with Crippen LogP contribution in [0, 0.1) is 0 Å². The van der Waals surface area contributed by atoms with Gasteiger partial charge in [0.1, 0.15) is 0 Å². The van der Waals surface area contributed by atoms with Crippen molar-refractivity contribution in [3.63, 3.8) is 0 Å². The summed E-state index contributed by atoms with van der Waals surface area (Å²) in [5.41, 5.74) is 8.73. The molecule has 102 valence electrons. The standard InChI is InChI=1S/C17H13N3S/c18-13-6-3-5-12-15(8-9-19-17(12)13)21-16-10-11-4-1-2-7-14(11)20-16/h1-10,20H,18H2. The van der Waals surface area contributed by atoms with E-state index in [9.17, 15) is 0 Å². The predicted molar refractivity (Wildman–Crippen MR) is 88.6 cm³/mol. The van der Waals surface area contributed by atoms with Gasteiger partial charge in [0, 0.05) is 27.4 Å². The molecule has 0 unspecified atom stereocenters. The average Bonchev–Trinajstić information content (AvgIpc) is 2.90. The summed E-state index contributed by atoms with van der Waals surface area (Å²) in [4.78, 5) is 8.96. The quantitative estimate of drug-likeness (QED) is 0.536. The van der Waals surface area contributed by atoms with E-state index in [1.807, 2.05) is 36.5 Å². The number of hydrogen-bond acceptors (Lipinski definition) is 3. The normalized spacial score (nSPS) is 11.2. The maximum atomic E-state index is 6.00. The van der Waals surface area contributed by atoms with Crippen molar-refractivity contribution in [3.05, 3.63) is 60.8 Å². The number of aromatic nitrogens is 2. The van der Waals surface area contributed by atoms with E-state index in [1.54, 1.807) is 11.8 Å². The molecule has 0 atom stereocenters. The summed E-state index contributed by atoms with van der Waals surface area (Å²) in [6.45, 7) is 0. The topological polar surface area (TPSA) is 54.7 Å². The summed E-state index contributed by atoms with van der Waals surface area (Å²) in [6, 6.07) is 18.4. The van der Waals surface area contributed by atoms with E-state index in [0.29, 0.717) is 5.69 Å². The number of nitrogens with two attached hydrogens (primary N) is 1. The molecule has 21 heavy (non-hydrogen) atoms. The van der Waals surface area contributed by atoms with Gasteiger partial charge in [-0.05, 0) is 24.3 Å². The lowest BCUT2D eigenvalue weighted by Crippen LogP contribution is -1.90. The minimum atomic E-state index is 0.714. The van der Waals surface area contributed by atoms with Gasteiger partial charge in [0.05, 0.1) is 16.2 Å². The molecular weight excluding hydrogens is 278 g/mol. The van der Waals surface area contributed by atoms with E-state index in [-0.39, 0.29) is 0 Å². The molecule has 0 amide bonds. The molecule has 0 saturated heterocycles. The monoisotopic (exact) mass is 291 g/mol. The summed E-state index contributed by atoms with van der Waals surface area (Å²) < 4.78 is 0. The lowest BCUT2D eigenvalue weighted by atomic mass is 10.2. The first-order valence-corrected chi connectivity index (χ1v) is 7.52. The minimum Gasteiger partial charge on any atom is -0.397 e. The van der Waals surface area contributed by atoms with Gasteiger partial charge >= 0.3 is 0 Å². The van der Waals surface area contributed by atoms with Crippen molar-refractivity contribution in [2.75, 3.05) is 5.73 Å². The Morgan fingerprint density at radius 2 is 1.90 bits per heavy atom. The van der Waals surface area contributed by atoms with E-state index in [4.69, 9.17) is 5.73 Å². The van der Waals surface area contributed by atoms with Crippen LogP contribution in [-0.2, 0) is 0 Å². The van der Waals surface area contributed by atoms with Gasteiger partial charge in [0.25, 0.3) is 0 Å². The van der Waals surface area contributed by atoms with Crippen molar-refractivity contribution in [2.24, 2.45) is 0 Å². The summed E-state index contributed by atoms with van der Waals surface area (Å²) in [6.07, 6.45) is 1.81. The fraction of sp³-hybridized carbons (Fsp3) is 0. The number of nitrogens with zero attached hydrogens (tertiary/aromatic N) is 1. The van der Waals surface area contributed by atoms with Gasteiger partial charge in [-0.25, -0.2) is 0 Å². The number of benzene rings is 2. The fourth-order valence-electron chi connectivity index (χ4n) is 2.48. The summed E-state index contributed by atoms with van der Waals surface area (Å²) in [5, 5.41) is 3.42. The van der Waals surface area contributed by atoms with Crippen LogP contribution in [0.5, 0.6) is 0 Å². The van der Waals surface area contributed by atoms with Crippen LogP contribution >= 0.6 is 11.8 Å². The van der Waals surface area contributed by atoms with E-state index < -0.39 is 0 Å². The third kappa shape index (κ3) is 2.14. The van der Waals surface area contributed by atoms with Crippen LogP contribution in [-0.4, -0.2) is 9.97 Å². The zero-order valence-corrected chi connectivity index (χ0v) is 12.0. The maximum Gasteiger partial charge on any atom is 0.0942 e. The number of nitrogens with one attached hydrogen (secondary N) is 1. The zero-order chi connectivity index (χ0) is 14.2. The van der Waals surface area contributed by atoms with Crippen LogP contribution in [0.1, 0.15) is 0 Å². The Bertz CT molecular complexity index is 910. The van der Waals surface area contributed by atoms with E-state index in [1.165, 1.54) is 5.39 Å². The third-order valence-electron chi connectivity index (χ3n) is 3.49. The fourth-order valence-corrected chi connectivity index (χ4v) is 3.47. The van der Waals surface area contributed by atoms with E-state index in [2.05, 4.69) is 34.2 Å². The molecule has 2 aromatic heterocycles. The molecule has 4 aromatic rings. The second-order valence-corrected chi connectivity index (χ2v) is 5.96. The molecule has 3 nitrogen and oxygen atoms in total. The van der Waals surface area contributed by atoms with Gasteiger partial charge in [-0.2, -0.15) is 0 Å². The van der Waals surface area contributed by atoms with Crippen LogP contribution in [0.25, 0.3) is 21.8 Å². The molecule has 0 aliphatic rings. The van der Waals surface area contributed by atoms with Crippen molar-refractivity contribution >= 4 is 39.3 Å². The highest BCUT2D eigenvalue weighted by atomic mass is 32.2.